The van der Waals surface area contributed by atoms with E-state index in [1.807, 2.05) is 0 Å². The molecule has 1 heterocycles. The lowest BCUT2D eigenvalue weighted by Gasteiger charge is -2.27. The van der Waals surface area contributed by atoms with Gasteiger partial charge in [-0.25, -0.2) is 4.79 Å². The number of carbonyl (C=O) groups is 2. The molecule has 1 aliphatic rings. The third-order valence-electron chi connectivity index (χ3n) is 3.55. The Hall–Kier alpha value is -1.31. The molecular weight excluding hydrogens is 291 g/mol. The summed E-state index contributed by atoms with van der Waals surface area (Å²) in [6, 6.07) is -1.03. The van der Waals surface area contributed by atoms with Gasteiger partial charge in [-0.15, -0.1) is 0 Å². The van der Waals surface area contributed by atoms with Gasteiger partial charge >= 0.3 is 12.1 Å². The van der Waals surface area contributed by atoms with E-state index in [1.54, 1.807) is 6.92 Å². The lowest BCUT2D eigenvalue weighted by molar-refractivity contribution is -0.233. The predicted molar refractivity (Wildman–Crippen MR) is 67.7 cm³/mol. The van der Waals surface area contributed by atoms with E-state index in [-0.39, 0.29) is 13.0 Å². The van der Waals surface area contributed by atoms with E-state index in [9.17, 15) is 22.8 Å². The van der Waals surface area contributed by atoms with E-state index in [0.29, 0.717) is 12.8 Å². The number of hydrogen-bond donors (Lipinski definition) is 1. The number of aliphatic carboxylic acids is 1. The van der Waals surface area contributed by atoms with Crippen LogP contribution in [0.1, 0.15) is 39.5 Å². The Kier molecular flexibility index (Phi) is 6.00. The Labute approximate surface area is 121 Å². The Morgan fingerprint density at radius 3 is 2.52 bits per heavy atom. The highest BCUT2D eigenvalue weighted by atomic mass is 19.4. The van der Waals surface area contributed by atoms with Gasteiger partial charge in [0.15, 0.2) is 6.10 Å². The van der Waals surface area contributed by atoms with Gasteiger partial charge in [-0.05, 0) is 26.2 Å². The van der Waals surface area contributed by atoms with Gasteiger partial charge in [0.1, 0.15) is 6.04 Å². The van der Waals surface area contributed by atoms with Gasteiger partial charge in [-0.3, -0.25) is 4.79 Å². The zero-order valence-electron chi connectivity index (χ0n) is 12.0. The van der Waals surface area contributed by atoms with E-state index in [0.717, 1.165) is 4.90 Å². The molecule has 0 radical (unpaired) electrons. The third-order valence-corrected chi connectivity index (χ3v) is 3.55. The molecule has 21 heavy (non-hydrogen) atoms. The second-order valence-corrected chi connectivity index (χ2v) is 5.17. The third kappa shape index (κ3) is 4.87. The van der Waals surface area contributed by atoms with Crippen molar-refractivity contribution < 1.29 is 32.6 Å². The van der Waals surface area contributed by atoms with Crippen LogP contribution in [0, 0.1) is 0 Å². The topological polar surface area (TPSA) is 66.8 Å². The maximum Gasteiger partial charge on any atom is 0.415 e. The minimum Gasteiger partial charge on any atom is -0.480 e. The van der Waals surface area contributed by atoms with Crippen LogP contribution in [0.15, 0.2) is 0 Å². The van der Waals surface area contributed by atoms with Crippen LogP contribution in [0.4, 0.5) is 13.2 Å². The Bertz CT molecular complexity index is 386. The SMILES string of the molecule is CCC(C)OC(CC(=O)N1CCC[C@H]1C(=O)O)C(F)(F)F. The van der Waals surface area contributed by atoms with Crippen LogP contribution in [0.25, 0.3) is 0 Å². The van der Waals surface area contributed by atoms with Crippen molar-refractivity contribution in [2.45, 2.75) is 64.0 Å². The molecule has 0 bridgehead atoms. The maximum atomic E-state index is 12.9. The van der Waals surface area contributed by atoms with Crippen molar-refractivity contribution in [3.63, 3.8) is 0 Å². The van der Waals surface area contributed by atoms with Gasteiger partial charge in [-0.1, -0.05) is 6.92 Å². The number of alkyl halides is 3. The van der Waals surface area contributed by atoms with E-state index in [4.69, 9.17) is 9.84 Å². The van der Waals surface area contributed by atoms with Gasteiger partial charge in [0.05, 0.1) is 12.5 Å². The van der Waals surface area contributed by atoms with Crippen molar-refractivity contribution in [1.82, 2.24) is 4.90 Å². The van der Waals surface area contributed by atoms with Crippen molar-refractivity contribution in [3.05, 3.63) is 0 Å². The summed E-state index contributed by atoms with van der Waals surface area (Å²) in [5, 5.41) is 8.96. The van der Waals surface area contributed by atoms with Crippen LogP contribution in [0.2, 0.25) is 0 Å². The van der Waals surface area contributed by atoms with E-state index in [2.05, 4.69) is 0 Å². The number of nitrogens with zero attached hydrogens (tertiary/aromatic N) is 1. The summed E-state index contributed by atoms with van der Waals surface area (Å²) in [7, 11) is 0. The lowest BCUT2D eigenvalue weighted by Crippen LogP contribution is -2.45. The minimum absolute atomic E-state index is 0.170. The molecule has 8 heteroatoms. The maximum absolute atomic E-state index is 12.9. The molecule has 3 atom stereocenters. The molecule has 0 aromatic carbocycles. The van der Waals surface area contributed by atoms with Crippen molar-refractivity contribution in [2.24, 2.45) is 0 Å². The van der Waals surface area contributed by atoms with Gasteiger partial charge in [0.2, 0.25) is 5.91 Å². The number of ether oxygens (including phenoxy) is 1. The number of rotatable bonds is 6. The van der Waals surface area contributed by atoms with Gasteiger partial charge in [-0.2, -0.15) is 13.2 Å². The molecule has 0 aliphatic carbocycles. The average molecular weight is 311 g/mol. The van der Waals surface area contributed by atoms with Crippen LogP contribution < -0.4 is 0 Å². The zero-order chi connectivity index (χ0) is 16.2. The summed E-state index contributed by atoms with van der Waals surface area (Å²) in [4.78, 5) is 23.9. The first kappa shape index (κ1) is 17.7. The molecule has 5 nitrogen and oxygen atoms in total. The molecule has 1 aliphatic heterocycles. The lowest BCUT2D eigenvalue weighted by atomic mass is 10.1. The van der Waals surface area contributed by atoms with Crippen molar-refractivity contribution >= 4 is 11.9 Å². The monoisotopic (exact) mass is 311 g/mol. The largest absolute Gasteiger partial charge is 0.480 e. The number of carboxylic acid groups (broad SMARTS) is 1. The van der Waals surface area contributed by atoms with Crippen molar-refractivity contribution in [2.75, 3.05) is 6.54 Å². The Balaban J connectivity index is 2.74. The van der Waals surface area contributed by atoms with Crippen LogP contribution >= 0.6 is 0 Å². The summed E-state index contributed by atoms with van der Waals surface area (Å²) in [6.45, 7) is 3.35. The minimum atomic E-state index is -4.66. The first-order valence-corrected chi connectivity index (χ1v) is 6.91. The van der Waals surface area contributed by atoms with Crippen LogP contribution in [0.3, 0.4) is 0 Å². The normalized spacial score (nSPS) is 22.1. The summed E-state index contributed by atoms with van der Waals surface area (Å²) >= 11 is 0. The van der Waals surface area contributed by atoms with Crippen LogP contribution in [-0.2, 0) is 14.3 Å². The number of carboxylic acids is 1. The standard InChI is InChI=1S/C13H20F3NO4/c1-3-8(2)21-10(13(14,15)16)7-11(18)17-6-4-5-9(17)12(19)20/h8-10H,3-7H2,1-2H3,(H,19,20)/t8?,9-,10?/m0/s1. The summed E-state index contributed by atoms with van der Waals surface area (Å²) in [5.74, 6) is -2.02. The average Bonchev–Trinajstić information content (AvgIpc) is 2.85. The highest BCUT2D eigenvalue weighted by Crippen LogP contribution is 2.29. The molecule has 1 fully saturated rings. The predicted octanol–water partition coefficient (Wildman–Crippen LogP) is 2.20. The molecule has 1 N–H and O–H groups in total. The highest BCUT2D eigenvalue weighted by molar-refractivity contribution is 5.84. The van der Waals surface area contributed by atoms with Crippen LogP contribution in [-0.4, -0.2) is 52.9 Å². The number of halogens is 3. The Morgan fingerprint density at radius 1 is 1.43 bits per heavy atom. The van der Waals surface area contributed by atoms with Gasteiger partial charge in [0, 0.05) is 6.54 Å². The quantitative estimate of drug-likeness (QED) is 0.816. The van der Waals surface area contributed by atoms with E-state index >= 15 is 0 Å². The molecule has 1 saturated heterocycles. The molecular formula is C13H20F3NO4. The molecule has 1 amide bonds. The molecule has 1 rings (SSSR count). The van der Waals surface area contributed by atoms with Crippen molar-refractivity contribution in [3.8, 4) is 0 Å². The highest BCUT2D eigenvalue weighted by Gasteiger charge is 2.45. The molecule has 0 saturated carbocycles. The smallest absolute Gasteiger partial charge is 0.415 e. The Morgan fingerprint density at radius 2 is 2.05 bits per heavy atom. The molecule has 2 unspecified atom stereocenters. The molecule has 122 valence electrons. The molecule has 0 aromatic rings. The number of amides is 1. The summed E-state index contributed by atoms with van der Waals surface area (Å²) < 4.78 is 43.6. The van der Waals surface area contributed by atoms with Gasteiger partial charge in [0.25, 0.3) is 0 Å². The van der Waals surface area contributed by atoms with Crippen LogP contribution in [0.5, 0.6) is 0 Å². The van der Waals surface area contributed by atoms with Crippen molar-refractivity contribution in [1.29, 1.82) is 0 Å². The second kappa shape index (κ2) is 7.11. The number of carbonyl (C=O) groups excluding carboxylic acids is 1. The fourth-order valence-corrected chi connectivity index (χ4v) is 2.22. The molecule has 0 spiro atoms. The summed E-state index contributed by atoms with van der Waals surface area (Å²) in [6.07, 6.45) is -7.22. The summed E-state index contributed by atoms with van der Waals surface area (Å²) in [5.41, 5.74) is 0. The first-order valence-electron chi connectivity index (χ1n) is 6.91. The van der Waals surface area contributed by atoms with Gasteiger partial charge < -0.3 is 14.7 Å². The number of hydrogen-bond acceptors (Lipinski definition) is 3. The first-order chi connectivity index (χ1) is 9.66. The molecule has 0 aromatic heterocycles. The van der Waals surface area contributed by atoms with E-state index < -0.39 is 42.7 Å². The number of likely N-dealkylation sites (tertiary alicyclic amines) is 1. The second-order valence-electron chi connectivity index (χ2n) is 5.17. The fraction of sp³-hybridized carbons (Fsp3) is 0.846. The fourth-order valence-electron chi connectivity index (χ4n) is 2.22. The zero-order valence-corrected chi connectivity index (χ0v) is 12.0. The van der Waals surface area contributed by atoms with E-state index in [1.165, 1.54) is 6.92 Å².